The minimum absolute atomic E-state index is 0.114. The van der Waals surface area contributed by atoms with E-state index in [-0.39, 0.29) is 10.8 Å². The van der Waals surface area contributed by atoms with Crippen molar-refractivity contribution in [3.8, 4) is 11.5 Å². The van der Waals surface area contributed by atoms with Gasteiger partial charge in [-0.3, -0.25) is 0 Å². The monoisotopic (exact) mass is 285 g/mol. The van der Waals surface area contributed by atoms with Gasteiger partial charge in [-0.1, -0.05) is 11.6 Å². The van der Waals surface area contributed by atoms with Gasteiger partial charge in [0.2, 0.25) is 0 Å². The lowest BCUT2D eigenvalue weighted by molar-refractivity contribution is 0.168. The average Bonchev–Trinajstić information content (AvgIpc) is 2.45. The smallest absolute Gasteiger partial charge is 0.167 e. The number of halogens is 2. The molecule has 0 aromatic heterocycles. The van der Waals surface area contributed by atoms with Gasteiger partial charge in [-0.2, -0.15) is 0 Å². The van der Waals surface area contributed by atoms with Crippen LogP contribution in [0.3, 0.4) is 0 Å². The van der Waals surface area contributed by atoms with Crippen molar-refractivity contribution in [2.45, 2.75) is 19.3 Å². The maximum Gasteiger partial charge on any atom is 0.167 e. The number of nitrogens with one attached hydrogen (secondary N) is 1. The number of hydrogen-bond donors (Lipinski definition) is 1. The van der Waals surface area contributed by atoms with Crippen LogP contribution < -0.4 is 14.8 Å². The predicted octanol–water partition coefficient (Wildman–Crippen LogP) is 2.79. The summed E-state index contributed by atoms with van der Waals surface area (Å²) in [6.45, 7) is 2.91. The van der Waals surface area contributed by atoms with Crippen molar-refractivity contribution in [2.75, 3.05) is 26.3 Å². The lowest BCUT2D eigenvalue weighted by Crippen LogP contribution is -2.31. The van der Waals surface area contributed by atoms with Gasteiger partial charge in [-0.05, 0) is 38.3 Å². The Labute approximate surface area is 117 Å². The van der Waals surface area contributed by atoms with Crippen LogP contribution in [0.15, 0.2) is 6.07 Å². The molecule has 2 aliphatic rings. The van der Waals surface area contributed by atoms with Crippen molar-refractivity contribution in [3.05, 3.63) is 22.5 Å². The molecule has 2 heterocycles. The summed E-state index contributed by atoms with van der Waals surface area (Å²) < 4.78 is 25.3. The van der Waals surface area contributed by atoms with E-state index in [0.29, 0.717) is 42.6 Å². The fourth-order valence-electron chi connectivity index (χ4n) is 2.77. The SMILES string of the molecule is Fc1c(Cl)cc2c(c1CC1CCCNC1)OCCO2. The Hall–Kier alpha value is -1.00. The third kappa shape index (κ3) is 2.65. The molecule has 0 amide bonds. The summed E-state index contributed by atoms with van der Waals surface area (Å²) in [6, 6.07) is 1.51. The fourth-order valence-corrected chi connectivity index (χ4v) is 2.98. The second kappa shape index (κ2) is 5.55. The third-order valence-electron chi connectivity index (χ3n) is 3.71. The number of ether oxygens (including phenoxy) is 2. The van der Waals surface area contributed by atoms with Crippen LogP contribution in [0.5, 0.6) is 11.5 Å². The van der Waals surface area contributed by atoms with Crippen LogP contribution in [-0.2, 0) is 6.42 Å². The van der Waals surface area contributed by atoms with Crippen LogP contribution in [0.2, 0.25) is 5.02 Å². The Balaban J connectivity index is 1.91. The largest absolute Gasteiger partial charge is 0.486 e. The molecule has 3 nitrogen and oxygen atoms in total. The molecule has 1 aromatic rings. The molecule has 3 rings (SSSR count). The lowest BCUT2D eigenvalue weighted by atomic mass is 9.91. The van der Waals surface area contributed by atoms with Crippen LogP contribution >= 0.6 is 11.6 Å². The Morgan fingerprint density at radius 2 is 2.21 bits per heavy atom. The van der Waals surface area contributed by atoms with E-state index in [0.717, 1.165) is 25.9 Å². The highest BCUT2D eigenvalue weighted by Crippen LogP contribution is 2.40. The van der Waals surface area contributed by atoms with Gasteiger partial charge in [0, 0.05) is 11.6 Å². The highest BCUT2D eigenvalue weighted by atomic mass is 35.5. The molecule has 0 bridgehead atoms. The molecule has 5 heteroatoms. The molecule has 1 atom stereocenters. The average molecular weight is 286 g/mol. The quantitative estimate of drug-likeness (QED) is 0.906. The molecule has 2 aliphatic heterocycles. The molecule has 104 valence electrons. The molecule has 1 saturated heterocycles. The van der Waals surface area contributed by atoms with Crippen LogP contribution in [-0.4, -0.2) is 26.3 Å². The first-order valence-corrected chi connectivity index (χ1v) is 7.10. The van der Waals surface area contributed by atoms with Gasteiger partial charge in [-0.15, -0.1) is 0 Å². The highest BCUT2D eigenvalue weighted by molar-refractivity contribution is 6.31. The number of hydrogen-bond acceptors (Lipinski definition) is 3. The van der Waals surface area contributed by atoms with Gasteiger partial charge in [0.15, 0.2) is 11.5 Å². The van der Waals surface area contributed by atoms with E-state index < -0.39 is 0 Å². The zero-order chi connectivity index (χ0) is 13.2. The van der Waals surface area contributed by atoms with E-state index in [1.165, 1.54) is 6.07 Å². The minimum atomic E-state index is -0.364. The van der Waals surface area contributed by atoms with Gasteiger partial charge in [0.05, 0.1) is 5.02 Å². The molecule has 1 N–H and O–H groups in total. The van der Waals surface area contributed by atoms with E-state index in [2.05, 4.69) is 5.32 Å². The zero-order valence-corrected chi connectivity index (χ0v) is 11.4. The summed E-state index contributed by atoms with van der Waals surface area (Å²) >= 11 is 5.94. The summed E-state index contributed by atoms with van der Waals surface area (Å²) in [6.07, 6.45) is 2.88. The first-order valence-electron chi connectivity index (χ1n) is 6.73. The Bertz CT molecular complexity index is 475. The zero-order valence-electron chi connectivity index (χ0n) is 10.7. The standard InChI is InChI=1S/C14H17ClFNO2/c15-11-7-12-14(19-5-4-18-12)10(13(11)16)6-9-2-1-3-17-8-9/h7,9,17H,1-6,8H2. The summed E-state index contributed by atoms with van der Waals surface area (Å²) in [4.78, 5) is 0. The van der Waals surface area contributed by atoms with E-state index in [1.807, 2.05) is 0 Å². The van der Waals surface area contributed by atoms with E-state index in [4.69, 9.17) is 21.1 Å². The van der Waals surface area contributed by atoms with E-state index >= 15 is 0 Å². The lowest BCUT2D eigenvalue weighted by Gasteiger charge is -2.26. The molecule has 0 aliphatic carbocycles. The van der Waals surface area contributed by atoms with Gasteiger partial charge in [0.1, 0.15) is 19.0 Å². The minimum Gasteiger partial charge on any atom is -0.486 e. The molecular weight excluding hydrogens is 269 g/mol. The van der Waals surface area contributed by atoms with Crippen LogP contribution in [0, 0.1) is 11.7 Å². The number of fused-ring (bicyclic) bond motifs is 1. The van der Waals surface area contributed by atoms with Crippen LogP contribution in [0.4, 0.5) is 4.39 Å². The first kappa shape index (κ1) is 13.0. The van der Waals surface area contributed by atoms with Crippen molar-refractivity contribution in [2.24, 2.45) is 5.92 Å². The molecular formula is C14H17ClFNO2. The Morgan fingerprint density at radius 1 is 1.37 bits per heavy atom. The summed E-state index contributed by atoms with van der Waals surface area (Å²) in [7, 11) is 0. The van der Waals surface area contributed by atoms with Crippen LogP contribution in [0.25, 0.3) is 0 Å². The van der Waals surface area contributed by atoms with Crippen LogP contribution in [0.1, 0.15) is 18.4 Å². The van der Waals surface area contributed by atoms with Crippen molar-refractivity contribution in [1.29, 1.82) is 0 Å². The topological polar surface area (TPSA) is 30.5 Å². The van der Waals surface area contributed by atoms with Crippen molar-refractivity contribution in [1.82, 2.24) is 5.32 Å². The number of rotatable bonds is 2. The van der Waals surface area contributed by atoms with E-state index in [1.54, 1.807) is 0 Å². The summed E-state index contributed by atoms with van der Waals surface area (Å²) in [5, 5.41) is 3.46. The Morgan fingerprint density at radius 3 is 3.00 bits per heavy atom. The maximum atomic E-state index is 14.3. The highest BCUT2D eigenvalue weighted by Gasteiger charge is 2.25. The number of benzene rings is 1. The van der Waals surface area contributed by atoms with Crippen molar-refractivity contribution < 1.29 is 13.9 Å². The molecule has 1 aromatic carbocycles. The molecule has 1 fully saturated rings. The predicted molar refractivity (Wildman–Crippen MR) is 71.7 cm³/mol. The molecule has 0 spiro atoms. The van der Waals surface area contributed by atoms with Gasteiger partial charge in [-0.25, -0.2) is 4.39 Å². The summed E-state index contributed by atoms with van der Waals surface area (Å²) in [5.41, 5.74) is 0.566. The molecule has 19 heavy (non-hydrogen) atoms. The maximum absolute atomic E-state index is 14.3. The van der Waals surface area contributed by atoms with Gasteiger partial charge in [0.25, 0.3) is 0 Å². The first-order chi connectivity index (χ1) is 9.25. The van der Waals surface area contributed by atoms with E-state index in [9.17, 15) is 4.39 Å². The Kier molecular flexibility index (Phi) is 3.80. The third-order valence-corrected chi connectivity index (χ3v) is 3.98. The molecule has 1 unspecified atom stereocenters. The van der Waals surface area contributed by atoms with Gasteiger partial charge < -0.3 is 14.8 Å². The molecule has 0 saturated carbocycles. The fraction of sp³-hybridized carbons (Fsp3) is 0.571. The number of piperidine rings is 1. The van der Waals surface area contributed by atoms with Gasteiger partial charge >= 0.3 is 0 Å². The van der Waals surface area contributed by atoms with Crippen molar-refractivity contribution in [3.63, 3.8) is 0 Å². The van der Waals surface area contributed by atoms with Crippen molar-refractivity contribution >= 4 is 11.6 Å². The summed E-state index contributed by atoms with van der Waals surface area (Å²) in [5.74, 6) is 1.17. The second-order valence-electron chi connectivity index (χ2n) is 5.09. The normalized spacial score (nSPS) is 22.3. The molecule has 0 radical (unpaired) electrons. The second-order valence-corrected chi connectivity index (χ2v) is 5.50.